The molecule has 2 aliphatic heterocycles. The minimum Gasteiger partial charge on any atom is -0.443 e. The lowest BCUT2D eigenvalue weighted by Crippen LogP contribution is -2.37. The second-order valence-corrected chi connectivity index (χ2v) is 8.60. The third kappa shape index (κ3) is 3.74. The lowest BCUT2D eigenvalue weighted by Gasteiger charge is -2.28. The highest BCUT2D eigenvalue weighted by Crippen LogP contribution is 2.31. The van der Waals surface area contributed by atoms with Crippen molar-refractivity contribution < 1.29 is 18.1 Å². The number of nitrogens with two attached hydrogens (primary N) is 1. The average molecular weight is 403 g/mol. The molecule has 0 aliphatic carbocycles. The molecule has 4 rings (SSSR count). The van der Waals surface area contributed by atoms with E-state index >= 15 is 0 Å². The van der Waals surface area contributed by atoms with Gasteiger partial charge >= 0.3 is 6.09 Å². The van der Waals surface area contributed by atoms with Gasteiger partial charge in [-0.1, -0.05) is 12.1 Å². The fraction of sp³-hybridized carbons (Fsp3) is 0.350. The number of anilines is 2. The number of carbonyl (C=O) groups is 1. The van der Waals surface area contributed by atoms with Gasteiger partial charge in [-0.25, -0.2) is 9.18 Å². The van der Waals surface area contributed by atoms with Gasteiger partial charge in [0.05, 0.1) is 12.2 Å². The van der Waals surface area contributed by atoms with Crippen LogP contribution in [0.15, 0.2) is 42.5 Å². The molecule has 1 unspecified atom stereocenters. The maximum atomic E-state index is 14.9. The van der Waals surface area contributed by atoms with Gasteiger partial charge in [0.1, 0.15) is 11.9 Å². The lowest BCUT2D eigenvalue weighted by atomic mass is 10.0. The van der Waals surface area contributed by atoms with Crippen LogP contribution in [0.4, 0.5) is 20.6 Å². The number of cyclic esters (lactones) is 1. The number of nitrogens with zero attached hydrogens (tertiary/aromatic N) is 2. The molecule has 0 saturated carbocycles. The van der Waals surface area contributed by atoms with E-state index in [0.717, 1.165) is 24.3 Å². The topological polar surface area (TPSA) is 75.9 Å². The van der Waals surface area contributed by atoms with Gasteiger partial charge in [0.15, 0.2) is 0 Å². The van der Waals surface area contributed by atoms with Crippen LogP contribution in [0.1, 0.15) is 0 Å². The molecule has 0 aromatic heterocycles. The smallest absolute Gasteiger partial charge is 0.414 e. The maximum Gasteiger partial charge on any atom is 0.414 e. The molecule has 148 valence electrons. The van der Waals surface area contributed by atoms with E-state index in [1.807, 2.05) is 24.3 Å². The number of hydrogen-bond acceptors (Lipinski definition) is 5. The lowest BCUT2D eigenvalue weighted by molar-refractivity contribution is 0.145. The molecule has 2 aromatic carbocycles. The van der Waals surface area contributed by atoms with Crippen molar-refractivity contribution in [3.05, 3.63) is 48.3 Å². The van der Waals surface area contributed by atoms with E-state index in [1.165, 1.54) is 11.0 Å². The Labute approximate surface area is 165 Å². The predicted molar refractivity (Wildman–Crippen MR) is 109 cm³/mol. The van der Waals surface area contributed by atoms with Crippen molar-refractivity contribution in [2.24, 2.45) is 5.73 Å². The fourth-order valence-corrected chi connectivity index (χ4v) is 4.58. The Balaban J connectivity index is 1.57. The molecule has 0 spiro atoms. The van der Waals surface area contributed by atoms with Crippen molar-refractivity contribution in [2.45, 2.75) is 6.10 Å². The summed E-state index contributed by atoms with van der Waals surface area (Å²) in [5, 5.41) is 0. The number of ether oxygens (including phenoxy) is 1. The summed E-state index contributed by atoms with van der Waals surface area (Å²) in [6.45, 7) is 2.02. The van der Waals surface area contributed by atoms with E-state index in [4.69, 9.17) is 10.5 Å². The fourth-order valence-electron chi connectivity index (χ4n) is 3.53. The zero-order valence-corrected chi connectivity index (χ0v) is 16.2. The summed E-state index contributed by atoms with van der Waals surface area (Å²) in [5.74, 6) is 0.907. The SMILES string of the molecule is NCC1CN(c2ccc(-c3cccc(N4CCS(=O)CC4)c3)c(F)c2)C(=O)O1. The van der Waals surface area contributed by atoms with Gasteiger partial charge in [0, 0.05) is 53.2 Å². The van der Waals surface area contributed by atoms with Gasteiger partial charge in [-0.05, 0) is 35.9 Å². The summed E-state index contributed by atoms with van der Waals surface area (Å²) in [7, 11) is -0.742. The van der Waals surface area contributed by atoms with Crippen LogP contribution < -0.4 is 15.5 Å². The first kappa shape index (κ1) is 18.9. The summed E-state index contributed by atoms with van der Waals surface area (Å²) < 4.78 is 31.6. The molecule has 2 aromatic rings. The Kier molecular flexibility index (Phi) is 5.32. The maximum absolute atomic E-state index is 14.9. The van der Waals surface area contributed by atoms with Crippen molar-refractivity contribution in [1.82, 2.24) is 0 Å². The second kappa shape index (κ2) is 7.89. The van der Waals surface area contributed by atoms with E-state index in [-0.39, 0.29) is 12.6 Å². The summed E-state index contributed by atoms with van der Waals surface area (Å²) in [6, 6.07) is 12.4. The van der Waals surface area contributed by atoms with Gasteiger partial charge in [0.25, 0.3) is 0 Å². The Morgan fingerprint density at radius 3 is 2.61 bits per heavy atom. The van der Waals surface area contributed by atoms with Gasteiger partial charge < -0.3 is 15.4 Å². The number of rotatable bonds is 4. The summed E-state index contributed by atoms with van der Waals surface area (Å²) in [5.41, 5.74) is 8.23. The van der Waals surface area contributed by atoms with Crippen LogP contribution in [0.3, 0.4) is 0 Å². The Morgan fingerprint density at radius 1 is 1.14 bits per heavy atom. The molecular weight excluding hydrogens is 381 g/mol. The summed E-state index contributed by atoms with van der Waals surface area (Å²) in [6.07, 6.45) is -0.877. The average Bonchev–Trinajstić information content (AvgIpc) is 3.09. The monoisotopic (exact) mass is 403 g/mol. The quantitative estimate of drug-likeness (QED) is 0.848. The number of halogens is 1. The molecule has 0 radical (unpaired) electrons. The third-order valence-corrected chi connectivity index (χ3v) is 6.38. The first-order valence-electron chi connectivity index (χ1n) is 9.23. The van der Waals surface area contributed by atoms with Crippen molar-refractivity contribution in [3.63, 3.8) is 0 Å². The highest BCUT2D eigenvalue weighted by molar-refractivity contribution is 7.85. The number of amides is 1. The van der Waals surface area contributed by atoms with Crippen LogP contribution in [0.2, 0.25) is 0 Å². The molecule has 8 heteroatoms. The van der Waals surface area contributed by atoms with Gasteiger partial charge in [-0.2, -0.15) is 0 Å². The van der Waals surface area contributed by atoms with E-state index in [9.17, 15) is 13.4 Å². The molecule has 2 fully saturated rings. The van der Waals surface area contributed by atoms with E-state index < -0.39 is 22.7 Å². The molecule has 28 heavy (non-hydrogen) atoms. The molecule has 2 heterocycles. The number of hydrogen-bond donors (Lipinski definition) is 1. The van der Waals surface area contributed by atoms with Crippen molar-refractivity contribution in [1.29, 1.82) is 0 Å². The summed E-state index contributed by atoms with van der Waals surface area (Å²) >= 11 is 0. The molecular formula is C20H22FN3O3S. The van der Waals surface area contributed by atoms with Crippen LogP contribution in [0, 0.1) is 5.82 Å². The Bertz CT molecular complexity index is 913. The minimum atomic E-state index is -0.742. The number of benzene rings is 2. The first-order chi connectivity index (χ1) is 13.5. The van der Waals surface area contributed by atoms with E-state index in [2.05, 4.69) is 4.90 Å². The van der Waals surface area contributed by atoms with Gasteiger partial charge in [0.2, 0.25) is 0 Å². The van der Waals surface area contributed by atoms with E-state index in [0.29, 0.717) is 29.3 Å². The molecule has 2 N–H and O–H groups in total. The molecule has 2 aliphatic rings. The first-order valence-corrected chi connectivity index (χ1v) is 10.7. The van der Waals surface area contributed by atoms with Crippen LogP contribution in [-0.4, -0.2) is 54.1 Å². The zero-order valence-electron chi connectivity index (χ0n) is 15.3. The zero-order chi connectivity index (χ0) is 19.7. The Morgan fingerprint density at radius 2 is 1.93 bits per heavy atom. The van der Waals surface area contributed by atoms with Crippen LogP contribution in [-0.2, 0) is 15.5 Å². The molecule has 2 saturated heterocycles. The molecule has 6 nitrogen and oxygen atoms in total. The van der Waals surface area contributed by atoms with Crippen molar-refractivity contribution >= 4 is 28.3 Å². The van der Waals surface area contributed by atoms with Gasteiger partial charge in [-0.15, -0.1) is 0 Å². The molecule has 1 amide bonds. The largest absolute Gasteiger partial charge is 0.443 e. The van der Waals surface area contributed by atoms with Crippen LogP contribution in [0.5, 0.6) is 0 Å². The van der Waals surface area contributed by atoms with Crippen molar-refractivity contribution in [3.8, 4) is 11.1 Å². The normalized spacial score (nSPS) is 20.5. The second-order valence-electron chi connectivity index (χ2n) is 6.90. The summed E-state index contributed by atoms with van der Waals surface area (Å²) in [4.78, 5) is 15.5. The highest BCUT2D eigenvalue weighted by atomic mass is 32.2. The third-order valence-electron chi connectivity index (χ3n) is 5.10. The number of carbonyl (C=O) groups excluding carboxylic acids is 1. The van der Waals surface area contributed by atoms with E-state index in [1.54, 1.807) is 12.1 Å². The van der Waals surface area contributed by atoms with Crippen molar-refractivity contribution in [2.75, 3.05) is 47.5 Å². The molecule has 0 bridgehead atoms. The highest BCUT2D eigenvalue weighted by Gasteiger charge is 2.31. The standard InChI is InChI=1S/C20H22FN3O3S/c21-19-11-16(24-13-17(12-22)27-20(24)25)4-5-18(19)14-2-1-3-15(10-14)23-6-8-28(26)9-7-23/h1-5,10-11,17H,6-9,12-13,22H2. The van der Waals surface area contributed by atoms with Crippen LogP contribution >= 0.6 is 0 Å². The minimum absolute atomic E-state index is 0.236. The predicted octanol–water partition coefficient (Wildman–Crippen LogP) is 2.35. The van der Waals surface area contributed by atoms with Gasteiger partial charge in [-0.3, -0.25) is 9.11 Å². The Hall–Kier alpha value is -2.45. The van der Waals surface area contributed by atoms with Crippen LogP contribution in [0.25, 0.3) is 11.1 Å². The molecule has 1 atom stereocenters.